The molecule has 0 aromatic carbocycles. The van der Waals surface area contributed by atoms with E-state index in [2.05, 4.69) is 33.4 Å². The largest absolute Gasteiger partial charge is 0.508 e. The van der Waals surface area contributed by atoms with Gasteiger partial charge < -0.3 is 5.11 Å². The summed E-state index contributed by atoms with van der Waals surface area (Å²) in [7, 11) is 0. The molecule has 3 saturated carbocycles. The number of aliphatic hydroxyl groups is 1. The van der Waals surface area contributed by atoms with Gasteiger partial charge in [0.1, 0.15) is 5.76 Å². The highest BCUT2D eigenvalue weighted by molar-refractivity contribution is 7.96. The van der Waals surface area contributed by atoms with E-state index in [-0.39, 0.29) is 28.0 Å². The molecule has 4 heteroatoms. The van der Waals surface area contributed by atoms with Crippen molar-refractivity contribution >= 4 is 23.5 Å². The van der Waals surface area contributed by atoms with Crippen LogP contribution in [-0.2, 0) is 9.59 Å². The molecule has 0 aromatic heterocycles. The lowest BCUT2D eigenvalue weighted by Crippen LogP contribution is -2.53. The second-order valence-corrected chi connectivity index (χ2v) is 9.74. The second-order valence-electron chi connectivity index (χ2n) is 9.29. The first-order chi connectivity index (χ1) is 11.7. The van der Waals surface area contributed by atoms with Crippen molar-refractivity contribution in [2.45, 2.75) is 52.9 Å². The van der Waals surface area contributed by atoms with Crippen LogP contribution in [0.4, 0.5) is 0 Å². The fourth-order valence-corrected chi connectivity index (χ4v) is 7.73. The van der Waals surface area contributed by atoms with Gasteiger partial charge in [0.05, 0.1) is 5.41 Å². The predicted molar refractivity (Wildman–Crippen MR) is 100 cm³/mol. The van der Waals surface area contributed by atoms with Crippen LogP contribution in [0.5, 0.6) is 0 Å². The summed E-state index contributed by atoms with van der Waals surface area (Å²) in [6, 6.07) is 0. The molecule has 7 atom stereocenters. The molecule has 4 rings (SSSR count). The maximum Gasteiger partial charge on any atom is 0.189 e. The summed E-state index contributed by atoms with van der Waals surface area (Å²) in [4.78, 5) is 25.1. The molecule has 0 bridgehead atoms. The lowest BCUT2D eigenvalue weighted by molar-refractivity contribution is -0.134. The van der Waals surface area contributed by atoms with Crippen molar-refractivity contribution in [2.75, 3.05) is 0 Å². The van der Waals surface area contributed by atoms with Gasteiger partial charge >= 0.3 is 0 Å². The van der Waals surface area contributed by atoms with Crippen molar-refractivity contribution in [3.63, 3.8) is 0 Å². The van der Waals surface area contributed by atoms with E-state index in [0.29, 0.717) is 23.7 Å². The van der Waals surface area contributed by atoms with Crippen molar-refractivity contribution in [1.82, 2.24) is 0 Å². The minimum absolute atomic E-state index is 0.0205. The van der Waals surface area contributed by atoms with Crippen LogP contribution in [0, 0.1) is 40.4 Å². The van der Waals surface area contributed by atoms with Crippen molar-refractivity contribution in [1.29, 1.82) is 0 Å². The van der Waals surface area contributed by atoms with Crippen molar-refractivity contribution in [2.24, 2.45) is 40.4 Å². The molecule has 0 amide bonds. The number of carbonyl (C=O) groups is 2. The first-order valence-electron chi connectivity index (χ1n) is 9.58. The molecular formula is C21H28O3S. The molecule has 3 nitrogen and oxygen atoms in total. The minimum Gasteiger partial charge on any atom is -0.508 e. The Kier molecular flexibility index (Phi) is 3.81. The number of rotatable bonds is 1. The lowest BCUT2D eigenvalue weighted by Gasteiger charge is -2.56. The SMILES string of the molecule is C[C@@H]1C[C@H]2[C@@H]3CCC4=CC(O)=CC(=O)[C@]4(C)[C@H]3CC[C@]2(C)[C@H]1C(=O)S. The monoisotopic (exact) mass is 360 g/mol. The molecule has 1 N–H and O–H groups in total. The van der Waals surface area contributed by atoms with Crippen molar-refractivity contribution in [3.05, 3.63) is 23.5 Å². The molecule has 4 aliphatic carbocycles. The summed E-state index contributed by atoms with van der Waals surface area (Å²) >= 11 is 4.22. The average Bonchev–Trinajstić information content (AvgIpc) is 2.79. The lowest BCUT2D eigenvalue weighted by atomic mass is 9.47. The summed E-state index contributed by atoms with van der Waals surface area (Å²) in [5.74, 6) is 1.88. The van der Waals surface area contributed by atoms with Crippen LogP contribution in [0.3, 0.4) is 0 Å². The predicted octanol–water partition coefficient (Wildman–Crippen LogP) is 4.50. The molecule has 4 aliphatic rings. The maximum absolute atomic E-state index is 12.9. The number of ketones is 1. The number of fused-ring (bicyclic) bond motifs is 5. The van der Waals surface area contributed by atoms with Crippen molar-refractivity contribution < 1.29 is 14.7 Å². The van der Waals surface area contributed by atoms with E-state index >= 15 is 0 Å². The Hall–Kier alpha value is -1.03. The van der Waals surface area contributed by atoms with E-state index in [0.717, 1.165) is 37.7 Å². The Morgan fingerprint density at radius 3 is 2.64 bits per heavy atom. The Morgan fingerprint density at radius 2 is 1.96 bits per heavy atom. The summed E-state index contributed by atoms with van der Waals surface area (Å²) in [6.07, 6.45) is 8.22. The van der Waals surface area contributed by atoms with Gasteiger partial charge in [0.25, 0.3) is 0 Å². The van der Waals surface area contributed by atoms with Crippen LogP contribution in [0.2, 0.25) is 0 Å². The third kappa shape index (κ3) is 2.19. The van der Waals surface area contributed by atoms with Gasteiger partial charge in [0.2, 0.25) is 0 Å². The fraction of sp³-hybridized carbons (Fsp3) is 0.714. The highest BCUT2D eigenvalue weighted by Gasteiger charge is 2.62. The van der Waals surface area contributed by atoms with Crippen LogP contribution in [0.15, 0.2) is 23.5 Å². The fourth-order valence-electron chi connectivity index (χ4n) is 7.18. The first kappa shape index (κ1) is 17.4. The summed E-state index contributed by atoms with van der Waals surface area (Å²) < 4.78 is 0. The van der Waals surface area contributed by atoms with Gasteiger partial charge in [-0.25, -0.2) is 0 Å². The molecule has 0 aliphatic heterocycles. The Morgan fingerprint density at radius 1 is 1.24 bits per heavy atom. The Labute approximate surface area is 155 Å². The zero-order valence-electron chi connectivity index (χ0n) is 15.3. The van der Waals surface area contributed by atoms with Crippen LogP contribution < -0.4 is 0 Å². The number of hydrogen-bond donors (Lipinski definition) is 2. The topological polar surface area (TPSA) is 54.4 Å². The van der Waals surface area contributed by atoms with Crippen molar-refractivity contribution in [3.8, 4) is 0 Å². The molecular weight excluding hydrogens is 332 g/mol. The van der Waals surface area contributed by atoms with Crippen LogP contribution in [-0.4, -0.2) is 16.0 Å². The Balaban J connectivity index is 1.72. The highest BCUT2D eigenvalue weighted by atomic mass is 32.1. The van der Waals surface area contributed by atoms with E-state index < -0.39 is 5.41 Å². The van der Waals surface area contributed by atoms with Crippen LogP contribution in [0.1, 0.15) is 52.9 Å². The molecule has 3 fully saturated rings. The normalized spacial score (nSPS) is 48.8. The maximum atomic E-state index is 12.9. The standard InChI is InChI=1S/C21H28O3S/c1-11-8-16-14-5-4-12-9-13(22)10-17(23)21(12,3)15(14)6-7-20(16,2)18(11)19(24)25/h9-11,14-16,18,22H,4-8H2,1-3H3,(H,24,25)/t11-,14-,15+,16+,18-,20+,21+/m1/s1. The summed E-state index contributed by atoms with van der Waals surface area (Å²) in [5, 5.41) is 9.91. The van der Waals surface area contributed by atoms with Gasteiger partial charge in [0, 0.05) is 12.0 Å². The smallest absolute Gasteiger partial charge is 0.189 e. The summed E-state index contributed by atoms with van der Waals surface area (Å²) in [5.41, 5.74) is 0.658. The zero-order valence-corrected chi connectivity index (χ0v) is 16.2. The van der Waals surface area contributed by atoms with E-state index in [1.165, 1.54) is 6.08 Å². The first-order valence-corrected chi connectivity index (χ1v) is 10.0. The van der Waals surface area contributed by atoms with E-state index in [1.54, 1.807) is 0 Å². The quantitative estimate of drug-likeness (QED) is 0.677. The van der Waals surface area contributed by atoms with E-state index in [9.17, 15) is 14.7 Å². The highest BCUT2D eigenvalue weighted by Crippen LogP contribution is 2.67. The number of allylic oxidation sites excluding steroid dienone is 3. The molecule has 0 heterocycles. The molecule has 25 heavy (non-hydrogen) atoms. The van der Waals surface area contributed by atoms with Crippen LogP contribution >= 0.6 is 12.6 Å². The Bertz CT molecular complexity index is 708. The second kappa shape index (κ2) is 5.48. The number of carbonyl (C=O) groups excluding carboxylic acids is 2. The molecule has 0 spiro atoms. The van der Waals surface area contributed by atoms with E-state index in [4.69, 9.17) is 0 Å². The molecule has 136 valence electrons. The zero-order chi connectivity index (χ0) is 18.1. The minimum atomic E-state index is -0.469. The van der Waals surface area contributed by atoms with Gasteiger partial charge in [-0.1, -0.05) is 19.4 Å². The third-order valence-corrected chi connectivity index (χ3v) is 8.59. The van der Waals surface area contributed by atoms with Gasteiger partial charge in [-0.3, -0.25) is 9.59 Å². The molecule has 0 radical (unpaired) electrons. The van der Waals surface area contributed by atoms with Crippen LogP contribution in [0.25, 0.3) is 0 Å². The number of hydrogen-bond acceptors (Lipinski definition) is 3. The van der Waals surface area contributed by atoms with Gasteiger partial charge in [-0.05, 0) is 74.2 Å². The van der Waals surface area contributed by atoms with Gasteiger partial charge in [-0.2, -0.15) is 0 Å². The summed E-state index contributed by atoms with van der Waals surface area (Å²) in [6.45, 7) is 6.57. The molecule has 0 unspecified atom stereocenters. The number of thiol groups is 1. The van der Waals surface area contributed by atoms with E-state index in [1.807, 2.05) is 6.08 Å². The number of aliphatic hydroxyl groups excluding tert-OH is 1. The third-order valence-electron chi connectivity index (χ3n) is 8.31. The average molecular weight is 361 g/mol. The van der Waals surface area contributed by atoms with Gasteiger partial charge in [0.15, 0.2) is 10.9 Å². The van der Waals surface area contributed by atoms with Gasteiger partial charge in [-0.15, -0.1) is 12.6 Å². The molecule has 0 saturated heterocycles. The molecule has 0 aromatic rings.